The maximum Gasteiger partial charge on any atom is 0.152 e. The van der Waals surface area contributed by atoms with Gasteiger partial charge in [-0.25, -0.2) is 0 Å². The van der Waals surface area contributed by atoms with Crippen LogP contribution in [0.25, 0.3) is 6.08 Å². The number of anilines is 1. The number of aromatic amines is 1. The van der Waals surface area contributed by atoms with Crippen molar-refractivity contribution >= 4 is 11.9 Å². The van der Waals surface area contributed by atoms with E-state index in [1.165, 1.54) is 0 Å². The van der Waals surface area contributed by atoms with Crippen LogP contribution in [0.5, 0.6) is 0 Å². The maximum atomic E-state index is 5.53. The number of hydrogen-bond donors (Lipinski definition) is 2. The summed E-state index contributed by atoms with van der Waals surface area (Å²) in [6, 6.07) is 0. The molecule has 1 aromatic rings. The van der Waals surface area contributed by atoms with Gasteiger partial charge < -0.3 is 5.73 Å². The lowest BCUT2D eigenvalue weighted by atomic mass is 10.2. The predicted octanol–water partition coefficient (Wildman–Crippen LogP) is 1.33. The largest absolute Gasteiger partial charge is 0.382 e. The van der Waals surface area contributed by atoms with E-state index < -0.39 is 0 Å². The van der Waals surface area contributed by atoms with Crippen LogP contribution in [-0.4, -0.2) is 10.2 Å². The van der Waals surface area contributed by atoms with Crippen molar-refractivity contribution in [2.45, 2.75) is 13.8 Å². The first-order valence-corrected chi connectivity index (χ1v) is 3.19. The topological polar surface area (TPSA) is 54.7 Å². The van der Waals surface area contributed by atoms with Gasteiger partial charge >= 0.3 is 0 Å². The molecule has 1 heterocycles. The summed E-state index contributed by atoms with van der Waals surface area (Å²) in [6.07, 6.45) is 3.88. The highest BCUT2D eigenvalue weighted by Crippen LogP contribution is 2.13. The SMILES string of the molecule is C/C=C\c1c(N)n[nH]c1C. The molecule has 1 aromatic heterocycles. The number of aryl methyl sites for hydroxylation is 1. The quantitative estimate of drug-likeness (QED) is 0.613. The molecule has 0 aromatic carbocycles. The van der Waals surface area contributed by atoms with Crippen LogP contribution in [0, 0.1) is 6.92 Å². The van der Waals surface area contributed by atoms with Gasteiger partial charge in [0.15, 0.2) is 5.82 Å². The second-order valence-corrected chi connectivity index (χ2v) is 2.15. The number of nitrogens with zero attached hydrogens (tertiary/aromatic N) is 1. The first-order chi connectivity index (χ1) is 4.75. The molecule has 1 rings (SSSR count). The Morgan fingerprint density at radius 3 is 2.70 bits per heavy atom. The second-order valence-electron chi connectivity index (χ2n) is 2.15. The minimum atomic E-state index is 0.565. The highest BCUT2D eigenvalue weighted by Gasteiger charge is 2.00. The van der Waals surface area contributed by atoms with Crippen molar-refractivity contribution in [2.24, 2.45) is 0 Å². The summed E-state index contributed by atoms with van der Waals surface area (Å²) in [4.78, 5) is 0. The van der Waals surface area contributed by atoms with Crippen molar-refractivity contribution in [1.29, 1.82) is 0 Å². The molecule has 10 heavy (non-hydrogen) atoms. The molecule has 0 saturated heterocycles. The Bertz CT molecular complexity index is 228. The molecular formula is C7H11N3. The normalized spacial score (nSPS) is 11.0. The van der Waals surface area contributed by atoms with E-state index in [1.807, 2.05) is 26.0 Å². The van der Waals surface area contributed by atoms with Crippen LogP contribution < -0.4 is 5.73 Å². The third-order valence-corrected chi connectivity index (χ3v) is 1.36. The summed E-state index contributed by atoms with van der Waals surface area (Å²) in [6.45, 7) is 3.89. The van der Waals surface area contributed by atoms with Crippen LogP contribution in [0.2, 0.25) is 0 Å². The van der Waals surface area contributed by atoms with Crippen LogP contribution >= 0.6 is 0 Å². The van der Waals surface area contributed by atoms with Crippen molar-refractivity contribution in [3.8, 4) is 0 Å². The van der Waals surface area contributed by atoms with Gasteiger partial charge in [-0.15, -0.1) is 0 Å². The molecule has 0 unspecified atom stereocenters. The van der Waals surface area contributed by atoms with Gasteiger partial charge in [-0.3, -0.25) is 5.10 Å². The molecule has 0 radical (unpaired) electrons. The molecule has 0 bridgehead atoms. The Morgan fingerprint density at radius 1 is 1.60 bits per heavy atom. The van der Waals surface area contributed by atoms with Crippen LogP contribution in [0.3, 0.4) is 0 Å². The van der Waals surface area contributed by atoms with Crippen LogP contribution in [0.4, 0.5) is 5.82 Å². The molecule has 0 fully saturated rings. The Labute approximate surface area is 59.9 Å². The third kappa shape index (κ3) is 1.03. The van der Waals surface area contributed by atoms with Crippen LogP contribution in [0.1, 0.15) is 18.2 Å². The smallest absolute Gasteiger partial charge is 0.152 e. The minimum absolute atomic E-state index is 0.565. The Hall–Kier alpha value is -1.25. The average molecular weight is 137 g/mol. The molecule has 0 amide bonds. The van der Waals surface area contributed by atoms with E-state index in [4.69, 9.17) is 5.73 Å². The summed E-state index contributed by atoms with van der Waals surface area (Å²) >= 11 is 0. The minimum Gasteiger partial charge on any atom is -0.382 e. The lowest BCUT2D eigenvalue weighted by Gasteiger charge is -1.88. The fourth-order valence-corrected chi connectivity index (χ4v) is 0.834. The van der Waals surface area contributed by atoms with Gasteiger partial charge in [-0.05, 0) is 13.8 Å². The van der Waals surface area contributed by atoms with Gasteiger partial charge in [0.1, 0.15) is 0 Å². The van der Waals surface area contributed by atoms with Crippen LogP contribution in [0.15, 0.2) is 6.08 Å². The van der Waals surface area contributed by atoms with E-state index in [9.17, 15) is 0 Å². The number of nitrogens with one attached hydrogen (secondary N) is 1. The third-order valence-electron chi connectivity index (χ3n) is 1.36. The summed E-state index contributed by atoms with van der Waals surface area (Å²) in [5.41, 5.74) is 7.53. The molecule has 0 spiro atoms. The number of aromatic nitrogens is 2. The average Bonchev–Trinajstić information content (AvgIpc) is 2.20. The number of hydrogen-bond acceptors (Lipinski definition) is 2. The summed E-state index contributed by atoms with van der Waals surface area (Å²) in [7, 11) is 0. The van der Waals surface area contributed by atoms with E-state index in [-0.39, 0.29) is 0 Å². The van der Waals surface area contributed by atoms with Crippen LogP contribution in [-0.2, 0) is 0 Å². The molecular weight excluding hydrogens is 126 g/mol. The van der Waals surface area contributed by atoms with Crippen molar-refractivity contribution < 1.29 is 0 Å². The summed E-state index contributed by atoms with van der Waals surface area (Å²) in [5.74, 6) is 0.565. The lowest BCUT2D eigenvalue weighted by molar-refractivity contribution is 1.05. The molecule has 3 heteroatoms. The zero-order chi connectivity index (χ0) is 7.56. The molecule has 0 aliphatic rings. The number of nitrogen functional groups attached to an aromatic ring is 1. The molecule has 3 N–H and O–H groups in total. The zero-order valence-corrected chi connectivity index (χ0v) is 6.18. The van der Waals surface area contributed by atoms with E-state index in [0.717, 1.165) is 11.3 Å². The second kappa shape index (κ2) is 2.56. The van der Waals surface area contributed by atoms with E-state index in [2.05, 4.69) is 10.2 Å². The zero-order valence-electron chi connectivity index (χ0n) is 6.18. The first kappa shape index (κ1) is 6.86. The van der Waals surface area contributed by atoms with Gasteiger partial charge in [0.25, 0.3) is 0 Å². The first-order valence-electron chi connectivity index (χ1n) is 3.19. The van der Waals surface area contributed by atoms with Crippen molar-refractivity contribution in [1.82, 2.24) is 10.2 Å². The predicted molar refractivity (Wildman–Crippen MR) is 42.4 cm³/mol. The fourth-order valence-electron chi connectivity index (χ4n) is 0.834. The molecule has 54 valence electrons. The summed E-state index contributed by atoms with van der Waals surface area (Å²) < 4.78 is 0. The Kier molecular flexibility index (Phi) is 1.76. The van der Waals surface area contributed by atoms with Crippen molar-refractivity contribution in [3.63, 3.8) is 0 Å². The number of nitrogens with two attached hydrogens (primary N) is 1. The van der Waals surface area contributed by atoms with E-state index in [0.29, 0.717) is 5.82 Å². The van der Waals surface area contributed by atoms with Gasteiger partial charge in [0.05, 0.1) is 0 Å². The van der Waals surface area contributed by atoms with E-state index in [1.54, 1.807) is 0 Å². The number of rotatable bonds is 1. The van der Waals surface area contributed by atoms with Gasteiger partial charge in [0, 0.05) is 11.3 Å². The highest BCUT2D eigenvalue weighted by atomic mass is 15.2. The van der Waals surface area contributed by atoms with Crippen molar-refractivity contribution in [2.75, 3.05) is 5.73 Å². The molecule has 3 nitrogen and oxygen atoms in total. The maximum absolute atomic E-state index is 5.53. The number of H-pyrrole nitrogens is 1. The summed E-state index contributed by atoms with van der Waals surface area (Å²) in [5, 5.41) is 6.63. The number of allylic oxidation sites excluding steroid dienone is 1. The highest BCUT2D eigenvalue weighted by molar-refractivity contribution is 5.62. The fraction of sp³-hybridized carbons (Fsp3) is 0.286. The molecule has 0 aliphatic heterocycles. The molecule has 0 saturated carbocycles. The molecule has 0 aliphatic carbocycles. The lowest BCUT2D eigenvalue weighted by Crippen LogP contribution is -1.86. The Morgan fingerprint density at radius 2 is 2.30 bits per heavy atom. The van der Waals surface area contributed by atoms with E-state index >= 15 is 0 Å². The van der Waals surface area contributed by atoms with Gasteiger partial charge in [-0.1, -0.05) is 12.2 Å². The standard InChI is InChI=1S/C7H11N3/c1-3-4-6-5(2)9-10-7(6)8/h3-4H,1-2H3,(H3,8,9,10)/b4-3-. The van der Waals surface area contributed by atoms with Gasteiger partial charge in [-0.2, -0.15) is 5.10 Å². The Balaban J connectivity index is 3.10. The van der Waals surface area contributed by atoms with Gasteiger partial charge in [0.2, 0.25) is 0 Å². The monoisotopic (exact) mass is 137 g/mol. The molecule has 0 atom stereocenters. The van der Waals surface area contributed by atoms with Crippen molar-refractivity contribution in [3.05, 3.63) is 17.3 Å².